The van der Waals surface area contributed by atoms with Crippen LogP contribution in [0.25, 0.3) is 0 Å². The summed E-state index contributed by atoms with van der Waals surface area (Å²) >= 11 is 0. The van der Waals surface area contributed by atoms with Crippen molar-refractivity contribution in [2.24, 2.45) is 0 Å². The zero-order valence-electron chi connectivity index (χ0n) is 7.58. The van der Waals surface area contributed by atoms with Crippen LogP contribution in [0.4, 0.5) is 4.39 Å². The van der Waals surface area contributed by atoms with Crippen molar-refractivity contribution < 1.29 is 4.39 Å². The van der Waals surface area contributed by atoms with E-state index in [1.165, 1.54) is 4.57 Å². The van der Waals surface area contributed by atoms with Gasteiger partial charge in [-0.3, -0.25) is 13.9 Å². The summed E-state index contributed by atoms with van der Waals surface area (Å²) in [4.78, 5) is 22.4. The Labute approximate surface area is 74.2 Å². The van der Waals surface area contributed by atoms with Crippen LogP contribution in [0.5, 0.6) is 0 Å². The predicted molar refractivity (Wildman–Crippen MR) is 46.3 cm³/mol. The van der Waals surface area contributed by atoms with Gasteiger partial charge in [0.15, 0.2) is 0 Å². The molecule has 0 saturated heterocycles. The lowest BCUT2D eigenvalue weighted by Gasteiger charge is -2.05. The molecule has 1 aromatic heterocycles. The van der Waals surface area contributed by atoms with Gasteiger partial charge in [-0.05, 0) is 13.8 Å². The summed E-state index contributed by atoms with van der Waals surface area (Å²) in [5.41, 5.74) is -1.31. The maximum Gasteiger partial charge on any atom is 0.331 e. The first-order valence-electron chi connectivity index (χ1n) is 4.11. The number of aryl methyl sites for hydroxylation is 1. The van der Waals surface area contributed by atoms with E-state index in [1.54, 1.807) is 13.8 Å². The lowest BCUT2D eigenvalue weighted by Crippen LogP contribution is -2.40. The summed E-state index contributed by atoms with van der Waals surface area (Å²) in [6, 6.07) is 0. The number of hydrogen-bond donors (Lipinski definition) is 0. The highest BCUT2D eigenvalue weighted by atomic mass is 19.1. The number of halogens is 1. The molecule has 0 aromatic carbocycles. The highest BCUT2D eigenvalue weighted by Gasteiger charge is 2.07. The third-order valence-corrected chi connectivity index (χ3v) is 1.85. The Bertz CT molecular complexity index is 419. The van der Waals surface area contributed by atoms with Gasteiger partial charge in [0.25, 0.3) is 5.56 Å². The van der Waals surface area contributed by atoms with Gasteiger partial charge in [-0.25, -0.2) is 4.79 Å². The first kappa shape index (κ1) is 9.70. The van der Waals surface area contributed by atoms with E-state index in [0.29, 0.717) is 6.54 Å². The van der Waals surface area contributed by atoms with Crippen LogP contribution in [0.15, 0.2) is 15.8 Å². The molecule has 0 saturated carbocycles. The molecule has 0 atom stereocenters. The fourth-order valence-electron chi connectivity index (χ4n) is 1.12. The zero-order chi connectivity index (χ0) is 10.0. The van der Waals surface area contributed by atoms with Crippen LogP contribution in [0.2, 0.25) is 0 Å². The normalized spacial score (nSPS) is 10.4. The Morgan fingerprint density at radius 2 is 1.92 bits per heavy atom. The van der Waals surface area contributed by atoms with E-state index in [0.717, 1.165) is 10.8 Å². The van der Waals surface area contributed by atoms with Crippen LogP contribution in [0.3, 0.4) is 0 Å². The Balaban J connectivity index is 3.58. The van der Waals surface area contributed by atoms with Crippen molar-refractivity contribution in [2.45, 2.75) is 26.9 Å². The smallest absolute Gasteiger partial charge is 0.298 e. The van der Waals surface area contributed by atoms with Gasteiger partial charge in [0.05, 0.1) is 6.20 Å². The van der Waals surface area contributed by atoms with Crippen molar-refractivity contribution >= 4 is 0 Å². The van der Waals surface area contributed by atoms with Crippen LogP contribution in [-0.2, 0) is 13.1 Å². The highest BCUT2D eigenvalue weighted by Crippen LogP contribution is 1.85. The van der Waals surface area contributed by atoms with E-state index in [4.69, 9.17) is 0 Å². The van der Waals surface area contributed by atoms with Gasteiger partial charge in [-0.2, -0.15) is 4.39 Å². The molecule has 0 radical (unpaired) electrons. The predicted octanol–water partition coefficient (Wildman–Crippen LogP) is 0.189. The maximum atomic E-state index is 12.9. The Kier molecular flexibility index (Phi) is 2.65. The zero-order valence-corrected chi connectivity index (χ0v) is 7.58. The second kappa shape index (κ2) is 3.55. The van der Waals surface area contributed by atoms with E-state index in [9.17, 15) is 14.0 Å². The summed E-state index contributed by atoms with van der Waals surface area (Å²) in [5, 5.41) is 0. The standard InChI is InChI=1S/C8H11FN2O2/c1-3-10-5-6(9)7(12)11(4-2)8(10)13/h5H,3-4H2,1-2H3. The molecule has 72 valence electrons. The first-order valence-corrected chi connectivity index (χ1v) is 4.11. The molecule has 0 fully saturated rings. The fourth-order valence-corrected chi connectivity index (χ4v) is 1.12. The average Bonchev–Trinajstić information content (AvgIpc) is 2.12. The summed E-state index contributed by atoms with van der Waals surface area (Å²) in [5.74, 6) is -0.886. The second-order valence-electron chi connectivity index (χ2n) is 2.60. The lowest BCUT2D eigenvalue weighted by molar-refractivity contribution is 0.506. The third-order valence-electron chi connectivity index (χ3n) is 1.85. The van der Waals surface area contributed by atoms with Crippen LogP contribution in [0.1, 0.15) is 13.8 Å². The number of aromatic nitrogens is 2. The van der Waals surface area contributed by atoms with E-state index in [2.05, 4.69) is 0 Å². The fraction of sp³-hybridized carbons (Fsp3) is 0.500. The van der Waals surface area contributed by atoms with Gasteiger partial charge < -0.3 is 0 Å². The number of rotatable bonds is 2. The molecule has 0 aliphatic rings. The summed E-state index contributed by atoms with van der Waals surface area (Å²) in [6.07, 6.45) is 0.941. The average molecular weight is 186 g/mol. The van der Waals surface area contributed by atoms with Crippen molar-refractivity contribution in [3.05, 3.63) is 32.9 Å². The molecule has 0 aliphatic carbocycles. The minimum Gasteiger partial charge on any atom is -0.298 e. The van der Waals surface area contributed by atoms with E-state index in [1.807, 2.05) is 0 Å². The SMILES string of the molecule is CCn1cc(F)c(=O)n(CC)c1=O. The summed E-state index contributed by atoms with van der Waals surface area (Å²) in [7, 11) is 0. The van der Waals surface area contributed by atoms with Gasteiger partial charge >= 0.3 is 5.69 Å². The van der Waals surface area contributed by atoms with Gasteiger partial charge in [0, 0.05) is 13.1 Å². The lowest BCUT2D eigenvalue weighted by atomic mass is 10.5. The van der Waals surface area contributed by atoms with E-state index >= 15 is 0 Å². The number of hydrogen-bond acceptors (Lipinski definition) is 2. The first-order chi connectivity index (χ1) is 6.11. The van der Waals surface area contributed by atoms with E-state index in [-0.39, 0.29) is 6.54 Å². The largest absolute Gasteiger partial charge is 0.331 e. The number of nitrogens with zero attached hydrogens (tertiary/aromatic N) is 2. The molecule has 0 bridgehead atoms. The molecular weight excluding hydrogens is 175 g/mol. The summed E-state index contributed by atoms with van der Waals surface area (Å²) < 4.78 is 14.9. The third kappa shape index (κ3) is 1.54. The monoisotopic (exact) mass is 186 g/mol. The Morgan fingerprint density at radius 3 is 2.38 bits per heavy atom. The molecule has 1 rings (SSSR count). The molecule has 1 aromatic rings. The van der Waals surface area contributed by atoms with Crippen molar-refractivity contribution in [1.29, 1.82) is 0 Å². The maximum absolute atomic E-state index is 12.9. The molecule has 0 amide bonds. The topological polar surface area (TPSA) is 44.0 Å². The molecule has 5 heteroatoms. The quantitative estimate of drug-likeness (QED) is 0.661. The molecule has 13 heavy (non-hydrogen) atoms. The molecular formula is C8H11FN2O2. The van der Waals surface area contributed by atoms with Crippen LogP contribution in [-0.4, -0.2) is 9.13 Å². The van der Waals surface area contributed by atoms with Gasteiger partial charge in [-0.1, -0.05) is 0 Å². The van der Waals surface area contributed by atoms with Crippen LogP contribution >= 0.6 is 0 Å². The van der Waals surface area contributed by atoms with Gasteiger partial charge in [0.1, 0.15) is 0 Å². The Morgan fingerprint density at radius 1 is 1.31 bits per heavy atom. The molecule has 0 aliphatic heterocycles. The molecule has 0 spiro atoms. The molecule has 0 unspecified atom stereocenters. The molecule has 0 N–H and O–H groups in total. The summed E-state index contributed by atoms with van der Waals surface area (Å²) in [6.45, 7) is 3.89. The van der Waals surface area contributed by atoms with Crippen LogP contribution in [0, 0.1) is 5.82 Å². The minimum atomic E-state index is -0.886. The molecule has 1 heterocycles. The van der Waals surface area contributed by atoms with E-state index < -0.39 is 17.1 Å². The molecule has 4 nitrogen and oxygen atoms in total. The van der Waals surface area contributed by atoms with Crippen molar-refractivity contribution in [2.75, 3.05) is 0 Å². The minimum absolute atomic E-state index is 0.190. The van der Waals surface area contributed by atoms with Crippen molar-refractivity contribution in [1.82, 2.24) is 9.13 Å². The van der Waals surface area contributed by atoms with Crippen LogP contribution < -0.4 is 11.2 Å². The second-order valence-corrected chi connectivity index (χ2v) is 2.60. The Hall–Kier alpha value is -1.39. The van der Waals surface area contributed by atoms with Crippen molar-refractivity contribution in [3.63, 3.8) is 0 Å². The van der Waals surface area contributed by atoms with Gasteiger partial charge in [-0.15, -0.1) is 0 Å². The highest BCUT2D eigenvalue weighted by molar-refractivity contribution is 4.89. The van der Waals surface area contributed by atoms with Crippen molar-refractivity contribution in [3.8, 4) is 0 Å². The van der Waals surface area contributed by atoms with Gasteiger partial charge in [0.2, 0.25) is 5.82 Å².